The van der Waals surface area contributed by atoms with Gasteiger partial charge in [0, 0.05) is 25.2 Å². The molecule has 4 rings (SSSR count). The van der Waals surface area contributed by atoms with E-state index in [0.29, 0.717) is 38.0 Å². The number of sulfonamides is 1. The SMILES string of the molecule is COc1ccc2c(c1)CCN(S(=O)(=O)CCCNC(=O)c1ccc3ccccc3c1)C2. The number of nitrogens with one attached hydrogen (secondary N) is 1. The maximum absolute atomic E-state index is 12.8. The van der Waals surface area contributed by atoms with Crippen LogP contribution >= 0.6 is 0 Å². The van der Waals surface area contributed by atoms with Crippen molar-refractivity contribution in [2.24, 2.45) is 0 Å². The van der Waals surface area contributed by atoms with Gasteiger partial charge in [0.15, 0.2) is 0 Å². The van der Waals surface area contributed by atoms with Crippen LogP contribution in [0.5, 0.6) is 5.75 Å². The Labute approximate surface area is 182 Å². The summed E-state index contributed by atoms with van der Waals surface area (Å²) >= 11 is 0. The maximum atomic E-state index is 12.8. The minimum atomic E-state index is -3.38. The van der Waals surface area contributed by atoms with E-state index < -0.39 is 10.0 Å². The van der Waals surface area contributed by atoms with Gasteiger partial charge in [-0.25, -0.2) is 8.42 Å². The van der Waals surface area contributed by atoms with Crippen molar-refractivity contribution in [3.05, 3.63) is 77.4 Å². The molecule has 1 aliphatic rings. The number of carbonyl (C=O) groups is 1. The van der Waals surface area contributed by atoms with Gasteiger partial charge in [-0.1, -0.05) is 36.4 Å². The molecule has 31 heavy (non-hydrogen) atoms. The molecule has 0 unspecified atom stereocenters. The van der Waals surface area contributed by atoms with Gasteiger partial charge in [0.05, 0.1) is 12.9 Å². The van der Waals surface area contributed by atoms with Crippen LogP contribution < -0.4 is 10.1 Å². The lowest BCUT2D eigenvalue weighted by atomic mass is 10.0. The number of amides is 1. The van der Waals surface area contributed by atoms with Gasteiger partial charge in [-0.3, -0.25) is 4.79 Å². The number of fused-ring (bicyclic) bond motifs is 2. The Bertz CT molecular complexity index is 1210. The number of hydrogen-bond donors (Lipinski definition) is 1. The van der Waals surface area contributed by atoms with Crippen LogP contribution in [0, 0.1) is 0 Å². The number of hydrogen-bond acceptors (Lipinski definition) is 4. The molecule has 0 aliphatic carbocycles. The summed E-state index contributed by atoms with van der Waals surface area (Å²) in [5, 5.41) is 4.91. The molecule has 3 aromatic carbocycles. The Balaban J connectivity index is 1.29. The first-order valence-electron chi connectivity index (χ1n) is 10.4. The largest absolute Gasteiger partial charge is 0.497 e. The van der Waals surface area contributed by atoms with Gasteiger partial charge in [0.1, 0.15) is 5.75 Å². The van der Waals surface area contributed by atoms with Crippen LogP contribution in [-0.4, -0.2) is 44.6 Å². The van der Waals surface area contributed by atoms with E-state index in [1.807, 2.05) is 54.6 Å². The van der Waals surface area contributed by atoms with E-state index in [2.05, 4.69) is 5.32 Å². The Morgan fingerprint density at radius 1 is 1.03 bits per heavy atom. The monoisotopic (exact) mass is 438 g/mol. The van der Waals surface area contributed by atoms with E-state index in [-0.39, 0.29) is 11.7 Å². The third kappa shape index (κ3) is 4.89. The lowest BCUT2D eigenvalue weighted by Gasteiger charge is -2.28. The molecule has 0 fully saturated rings. The van der Waals surface area contributed by atoms with Gasteiger partial charge in [0.25, 0.3) is 5.91 Å². The minimum absolute atomic E-state index is 0.0104. The average Bonchev–Trinajstić information content (AvgIpc) is 2.80. The second-order valence-electron chi connectivity index (χ2n) is 7.71. The summed E-state index contributed by atoms with van der Waals surface area (Å²) in [6, 6.07) is 19.2. The van der Waals surface area contributed by atoms with Crippen LogP contribution in [-0.2, 0) is 23.0 Å². The number of nitrogens with zero attached hydrogens (tertiary/aromatic N) is 1. The molecule has 0 radical (unpaired) electrons. The molecule has 6 nitrogen and oxygen atoms in total. The summed E-state index contributed by atoms with van der Waals surface area (Å²) < 4.78 is 32.3. The minimum Gasteiger partial charge on any atom is -0.497 e. The average molecular weight is 439 g/mol. The van der Waals surface area contributed by atoms with Crippen molar-refractivity contribution < 1.29 is 17.9 Å². The highest BCUT2D eigenvalue weighted by molar-refractivity contribution is 7.89. The summed E-state index contributed by atoms with van der Waals surface area (Å²) in [4.78, 5) is 12.4. The van der Waals surface area contributed by atoms with Gasteiger partial charge in [-0.05, 0) is 59.0 Å². The fourth-order valence-electron chi connectivity index (χ4n) is 3.89. The molecular formula is C24H26N2O4S. The Hall–Kier alpha value is -2.90. The molecule has 162 valence electrons. The van der Waals surface area contributed by atoms with Gasteiger partial charge < -0.3 is 10.1 Å². The van der Waals surface area contributed by atoms with Crippen molar-refractivity contribution >= 4 is 26.7 Å². The first-order valence-corrected chi connectivity index (χ1v) is 12.0. The van der Waals surface area contributed by atoms with Crippen LogP contribution in [0.3, 0.4) is 0 Å². The molecule has 0 bridgehead atoms. The van der Waals surface area contributed by atoms with Crippen LogP contribution in [0.1, 0.15) is 27.9 Å². The smallest absolute Gasteiger partial charge is 0.251 e. The zero-order chi connectivity index (χ0) is 21.8. The van der Waals surface area contributed by atoms with E-state index in [4.69, 9.17) is 4.74 Å². The van der Waals surface area contributed by atoms with E-state index in [9.17, 15) is 13.2 Å². The highest BCUT2D eigenvalue weighted by Gasteiger charge is 2.26. The number of ether oxygens (including phenoxy) is 1. The van der Waals surface area contributed by atoms with Crippen LogP contribution in [0.2, 0.25) is 0 Å². The number of rotatable bonds is 7. The number of carbonyl (C=O) groups excluding carboxylic acids is 1. The third-order valence-electron chi connectivity index (χ3n) is 5.66. The molecule has 0 atom stereocenters. The van der Waals surface area contributed by atoms with Crippen LogP contribution in [0.4, 0.5) is 0 Å². The maximum Gasteiger partial charge on any atom is 0.251 e. The van der Waals surface area contributed by atoms with Crippen molar-refractivity contribution in [1.82, 2.24) is 9.62 Å². The molecule has 0 spiro atoms. The number of methoxy groups -OCH3 is 1. The highest BCUT2D eigenvalue weighted by atomic mass is 32.2. The Morgan fingerprint density at radius 3 is 2.65 bits per heavy atom. The van der Waals surface area contributed by atoms with E-state index >= 15 is 0 Å². The standard InChI is InChI=1S/C24H26N2O4S/c1-30-23-10-9-22-17-26(13-11-20(22)16-23)31(28,29)14-4-12-25-24(27)21-8-7-18-5-2-3-6-19(18)15-21/h2-3,5-10,15-16H,4,11-14,17H2,1H3,(H,25,27). The van der Waals surface area contributed by atoms with Crippen molar-refractivity contribution in [3.63, 3.8) is 0 Å². The molecule has 1 heterocycles. The molecule has 1 N–H and O–H groups in total. The third-order valence-corrected chi connectivity index (χ3v) is 7.56. The molecule has 1 amide bonds. The lowest BCUT2D eigenvalue weighted by Crippen LogP contribution is -2.38. The topological polar surface area (TPSA) is 75.7 Å². The lowest BCUT2D eigenvalue weighted by molar-refractivity contribution is 0.0953. The molecule has 7 heteroatoms. The summed E-state index contributed by atoms with van der Waals surface area (Å²) in [6.07, 6.45) is 1.04. The molecular weight excluding hydrogens is 412 g/mol. The predicted octanol–water partition coefficient (Wildman–Crippen LogP) is 3.36. The van der Waals surface area contributed by atoms with Crippen LogP contribution in [0.25, 0.3) is 10.8 Å². The second kappa shape index (κ2) is 9.08. The quantitative estimate of drug-likeness (QED) is 0.574. The van der Waals surface area contributed by atoms with E-state index in [1.54, 1.807) is 13.2 Å². The highest BCUT2D eigenvalue weighted by Crippen LogP contribution is 2.25. The van der Waals surface area contributed by atoms with Crippen molar-refractivity contribution in [2.45, 2.75) is 19.4 Å². The Kier molecular flexibility index (Phi) is 6.25. The van der Waals surface area contributed by atoms with Crippen molar-refractivity contribution in [2.75, 3.05) is 26.0 Å². The van der Waals surface area contributed by atoms with Gasteiger partial charge in [-0.15, -0.1) is 0 Å². The van der Waals surface area contributed by atoms with E-state index in [0.717, 1.165) is 27.6 Å². The summed E-state index contributed by atoms with van der Waals surface area (Å²) in [5.74, 6) is 0.609. The van der Waals surface area contributed by atoms with Crippen molar-refractivity contribution in [3.8, 4) is 5.75 Å². The summed E-state index contributed by atoms with van der Waals surface area (Å²) in [5.41, 5.74) is 2.72. The molecule has 1 aliphatic heterocycles. The summed E-state index contributed by atoms with van der Waals surface area (Å²) in [6.45, 7) is 1.16. The zero-order valence-corrected chi connectivity index (χ0v) is 18.3. The first-order chi connectivity index (χ1) is 15.0. The molecule has 0 saturated heterocycles. The number of benzene rings is 3. The molecule has 0 aromatic heterocycles. The molecule has 0 saturated carbocycles. The zero-order valence-electron chi connectivity index (χ0n) is 17.5. The summed E-state index contributed by atoms with van der Waals surface area (Å²) in [7, 11) is -1.76. The van der Waals surface area contributed by atoms with Crippen LogP contribution in [0.15, 0.2) is 60.7 Å². The predicted molar refractivity (Wildman–Crippen MR) is 122 cm³/mol. The van der Waals surface area contributed by atoms with Gasteiger partial charge in [0.2, 0.25) is 10.0 Å². The fraction of sp³-hybridized carbons (Fsp3) is 0.292. The van der Waals surface area contributed by atoms with Gasteiger partial charge >= 0.3 is 0 Å². The second-order valence-corrected chi connectivity index (χ2v) is 9.79. The van der Waals surface area contributed by atoms with Crippen molar-refractivity contribution in [1.29, 1.82) is 0 Å². The Morgan fingerprint density at radius 2 is 1.84 bits per heavy atom. The van der Waals surface area contributed by atoms with Gasteiger partial charge in [-0.2, -0.15) is 4.31 Å². The first kappa shape index (κ1) is 21.3. The normalized spacial score (nSPS) is 14.2. The molecule has 3 aromatic rings. The fourth-order valence-corrected chi connectivity index (χ4v) is 5.36. The van der Waals surface area contributed by atoms with E-state index in [1.165, 1.54) is 4.31 Å².